The lowest BCUT2D eigenvalue weighted by Crippen LogP contribution is -2.28. The first-order chi connectivity index (χ1) is 10.7. The van der Waals surface area contributed by atoms with Crippen molar-refractivity contribution < 1.29 is 9.21 Å². The molecule has 5 heteroatoms. The van der Waals surface area contributed by atoms with Gasteiger partial charge in [-0.1, -0.05) is 54.2 Å². The number of fused-ring (bicyclic) bond motifs is 1. The topological polar surface area (TPSA) is 55.1 Å². The highest BCUT2D eigenvalue weighted by molar-refractivity contribution is 7.99. The van der Waals surface area contributed by atoms with E-state index in [4.69, 9.17) is 4.42 Å². The molecule has 112 valence electrons. The lowest BCUT2D eigenvalue weighted by molar-refractivity contribution is -0.119. The van der Waals surface area contributed by atoms with Crippen LogP contribution in [0, 0.1) is 0 Å². The Labute approximate surface area is 132 Å². The number of rotatable bonds is 5. The van der Waals surface area contributed by atoms with Crippen molar-refractivity contribution >= 4 is 28.8 Å². The number of thioether (sulfide) groups is 1. The van der Waals surface area contributed by atoms with Gasteiger partial charge in [0.15, 0.2) is 5.58 Å². The molecular weight excluding hydrogens is 296 g/mol. The summed E-state index contributed by atoms with van der Waals surface area (Å²) in [6.45, 7) is 1.97. The Bertz CT molecular complexity index is 737. The highest BCUT2D eigenvalue weighted by Gasteiger charge is 2.12. The maximum atomic E-state index is 12.0. The SMILES string of the molecule is CC(NC(=O)CSc1nc2ccccc2o1)c1ccccc1. The largest absolute Gasteiger partial charge is 0.431 e. The van der Waals surface area contributed by atoms with Gasteiger partial charge in [-0.25, -0.2) is 4.98 Å². The molecule has 0 aliphatic heterocycles. The van der Waals surface area contributed by atoms with E-state index in [2.05, 4.69) is 10.3 Å². The van der Waals surface area contributed by atoms with Crippen LogP contribution in [0.15, 0.2) is 64.2 Å². The summed E-state index contributed by atoms with van der Waals surface area (Å²) in [5.41, 5.74) is 2.63. The Morgan fingerprint density at radius 1 is 1.18 bits per heavy atom. The Hall–Kier alpha value is -2.27. The van der Waals surface area contributed by atoms with Crippen LogP contribution in [0.3, 0.4) is 0 Å². The van der Waals surface area contributed by atoms with Gasteiger partial charge in [0.25, 0.3) is 5.22 Å². The van der Waals surface area contributed by atoms with Gasteiger partial charge in [-0.3, -0.25) is 4.79 Å². The van der Waals surface area contributed by atoms with Gasteiger partial charge in [0.1, 0.15) is 5.52 Å². The van der Waals surface area contributed by atoms with Gasteiger partial charge in [-0.2, -0.15) is 0 Å². The molecule has 4 nitrogen and oxygen atoms in total. The minimum atomic E-state index is -0.0383. The first-order valence-electron chi connectivity index (χ1n) is 7.05. The number of amides is 1. The third kappa shape index (κ3) is 3.49. The summed E-state index contributed by atoms with van der Waals surface area (Å²) in [7, 11) is 0. The molecule has 0 radical (unpaired) electrons. The number of benzene rings is 2. The van der Waals surface area contributed by atoms with Crippen LogP contribution < -0.4 is 5.32 Å². The Morgan fingerprint density at radius 3 is 2.68 bits per heavy atom. The number of oxazole rings is 1. The van der Waals surface area contributed by atoms with Crippen LogP contribution >= 0.6 is 11.8 Å². The monoisotopic (exact) mass is 312 g/mol. The zero-order valence-corrected chi connectivity index (χ0v) is 13.0. The fraction of sp³-hybridized carbons (Fsp3) is 0.176. The van der Waals surface area contributed by atoms with E-state index in [1.807, 2.05) is 61.5 Å². The van der Waals surface area contributed by atoms with Gasteiger partial charge in [0.2, 0.25) is 5.91 Å². The summed E-state index contributed by atoms with van der Waals surface area (Å²) < 4.78 is 5.58. The van der Waals surface area contributed by atoms with E-state index in [1.54, 1.807) is 0 Å². The second kappa shape index (κ2) is 6.66. The highest BCUT2D eigenvalue weighted by Crippen LogP contribution is 2.23. The van der Waals surface area contributed by atoms with Gasteiger partial charge in [0.05, 0.1) is 11.8 Å². The van der Waals surface area contributed by atoms with Gasteiger partial charge < -0.3 is 9.73 Å². The molecular formula is C17H16N2O2S. The fourth-order valence-corrected chi connectivity index (χ4v) is 2.80. The summed E-state index contributed by atoms with van der Waals surface area (Å²) in [4.78, 5) is 16.4. The van der Waals surface area contributed by atoms with Crippen molar-refractivity contribution in [1.82, 2.24) is 10.3 Å². The molecule has 0 saturated heterocycles. The van der Waals surface area contributed by atoms with Crippen molar-refractivity contribution in [3.05, 3.63) is 60.2 Å². The number of aromatic nitrogens is 1. The molecule has 0 aliphatic carbocycles. The third-order valence-corrected chi connectivity index (χ3v) is 4.11. The molecule has 0 saturated carbocycles. The first kappa shape index (κ1) is 14.7. The molecule has 1 amide bonds. The maximum absolute atomic E-state index is 12.0. The number of carbonyl (C=O) groups excluding carboxylic acids is 1. The maximum Gasteiger partial charge on any atom is 0.257 e. The normalized spacial score (nSPS) is 12.2. The number of para-hydroxylation sites is 2. The molecule has 1 atom stereocenters. The smallest absolute Gasteiger partial charge is 0.257 e. The Balaban J connectivity index is 1.56. The standard InChI is InChI=1S/C17H16N2O2S/c1-12(13-7-3-2-4-8-13)18-16(20)11-22-17-19-14-9-5-6-10-15(14)21-17/h2-10,12H,11H2,1H3,(H,18,20). The predicted octanol–water partition coefficient (Wildman–Crippen LogP) is 3.80. The molecule has 1 N–H and O–H groups in total. The van der Waals surface area contributed by atoms with E-state index in [0.717, 1.165) is 16.7 Å². The lowest BCUT2D eigenvalue weighted by Gasteiger charge is -2.13. The van der Waals surface area contributed by atoms with Crippen LogP contribution in [-0.2, 0) is 4.79 Å². The zero-order chi connectivity index (χ0) is 15.4. The van der Waals surface area contributed by atoms with Crippen LogP contribution in [0.5, 0.6) is 0 Å². The summed E-state index contributed by atoms with van der Waals surface area (Å²) in [5.74, 6) is 0.243. The van der Waals surface area contributed by atoms with Crippen molar-refractivity contribution in [2.45, 2.75) is 18.2 Å². The van der Waals surface area contributed by atoms with Crippen molar-refractivity contribution in [3.8, 4) is 0 Å². The molecule has 1 heterocycles. The van der Waals surface area contributed by atoms with E-state index >= 15 is 0 Å². The average Bonchev–Trinajstić information content (AvgIpc) is 2.96. The van der Waals surface area contributed by atoms with Crippen molar-refractivity contribution in [2.75, 3.05) is 5.75 Å². The molecule has 0 fully saturated rings. The van der Waals surface area contributed by atoms with E-state index < -0.39 is 0 Å². The van der Waals surface area contributed by atoms with Gasteiger partial charge in [-0.15, -0.1) is 0 Å². The summed E-state index contributed by atoms with van der Waals surface area (Å²) in [6, 6.07) is 17.4. The molecule has 3 aromatic rings. The number of hydrogen-bond donors (Lipinski definition) is 1. The van der Waals surface area contributed by atoms with E-state index in [-0.39, 0.29) is 17.7 Å². The fourth-order valence-electron chi connectivity index (χ4n) is 2.15. The Morgan fingerprint density at radius 2 is 1.91 bits per heavy atom. The molecule has 0 bridgehead atoms. The molecule has 1 unspecified atom stereocenters. The van der Waals surface area contributed by atoms with Crippen LogP contribution in [0.2, 0.25) is 0 Å². The zero-order valence-electron chi connectivity index (χ0n) is 12.2. The molecule has 0 aliphatic rings. The minimum Gasteiger partial charge on any atom is -0.431 e. The van der Waals surface area contributed by atoms with Gasteiger partial charge in [-0.05, 0) is 24.6 Å². The quantitative estimate of drug-likeness (QED) is 0.728. The third-order valence-electron chi connectivity index (χ3n) is 3.28. The van der Waals surface area contributed by atoms with Crippen molar-refractivity contribution in [1.29, 1.82) is 0 Å². The molecule has 3 rings (SSSR count). The highest BCUT2D eigenvalue weighted by atomic mass is 32.2. The molecule has 2 aromatic carbocycles. The Kier molecular flexibility index (Phi) is 4.44. The van der Waals surface area contributed by atoms with E-state index in [9.17, 15) is 4.79 Å². The molecule has 22 heavy (non-hydrogen) atoms. The van der Waals surface area contributed by atoms with Crippen LogP contribution in [0.4, 0.5) is 0 Å². The van der Waals surface area contributed by atoms with Crippen LogP contribution in [0.1, 0.15) is 18.5 Å². The second-order valence-electron chi connectivity index (χ2n) is 4.94. The average molecular weight is 312 g/mol. The number of carbonyl (C=O) groups is 1. The summed E-state index contributed by atoms with van der Waals surface area (Å²) in [6.07, 6.45) is 0. The lowest BCUT2D eigenvalue weighted by atomic mass is 10.1. The van der Waals surface area contributed by atoms with Crippen molar-refractivity contribution in [2.24, 2.45) is 0 Å². The number of nitrogens with one attached hydrogen (secondary N) is 1. The molecule has 1 aromatic heterocycles. The van der Waals surface area contributed by atoms with E-state index in [0.29, 0.717) is 5.22 Å². The number of hydrogen-bond acceptors (Lipinski definition) is 4. The summed E-state index contributed by atoms with van der Waals surface area (Å²) in [5, 5.41) is 3.49. The minimum absolute atomic E-state index is 0.0158. The van der Waals surface area contributed by atoms with Crippen molar-refractivity contribution in [3.63, 3.8) is 0 Å². The van der Waals surface area contributed by atoms with Crippen LogP contribution in [-0.4, -0.2) is 16.6 Å². The second-order valence-corrected chi connectivity index (χ2v) is 5.86. The van der Waals surface area contributed by atoms with Gasteiger partial charge >= 0.3 is 0 Å². The predicted molar refractivity (Wildman–Crippen MR) is 87.7 cm³/mol. The first-order valence-corrected chi connectivity index (χ1v) is 8.03. The summed E-state index contributed by atoms with van der Waals surface area (Å²) >= 11 is 1.30. The van der Waals surface area contributed by atoms with Gasteiger partial charge in [0, 0.05) is 0 Å². The number of nitrogens with zero attached hydrogens (tertiary/aromatic N) is 1. The molecule has 0 spiro atoms. The van der Waals surface area contributed by atoms with Crippen LogP contribution in [0.25, 0.3) is 11.1 Å². The van der Waals surface area contributed by atoms with E-state index in [1.165, 1.54) is 11.8 Å².